The van der Waals surface area contributed by atoms with Crippen molar-refractivity contribution in [3.8, 4) is 5.88 Å². The third kappa shape index (κ3) is 2.99. The zero-order valence-electron chi connectivity index (χ0n) is 11.6. The molecule has 0 radical (unpaired) electrons. The van der Waals surface area contributed by atoms with Gasteiger partial charge in [-0.2, -0.15) is 0 Å². The molecule has 0 aliphatic carbocycles. The normalized spacial score (nSPS) is 16.4. The van der Waals surface area contributed by atoms with Crippen LogP contribution in [0.5, 0.6) is 5.88 Å². The van der Waals surface area contributed by atoms with Crippen molar-refractivity contribution in [1.29, 1.82) is 0 Å². The zero-order chi connectivity index (χ0) is 13.8. The third-order valence-corrected chi connectivity index (χ3v) is 3.72. The van der Waals surface area contributed by atoms with Crippen LogP contribution in [0, 0.1) is 0 Å². The lowest BCUT2D eigenvalue weighted by atomic mass is 10.1. The fraction of sp³-hybridized carbons (Fsp3) is 0.467. The largest absolute Gasteiger partial charge is 0.476 e. The summed E-state index contributed by atoms with van der Waals surface area (Å²) in [4.78, 5) is 10.9. The number of hydrogen-bond acceptors (Lipinski definition) is 5. The van der Waals surface area contributed by atoms with E-state index in [0.717, 1.165) is 17.4 Å². The van der Waals surface area contributed by atoms with Gasteiger partial charge in [0.25, 0.3) is 0 Å². The Kier molecular flexibility index (Phi) is 3.97. The molecule has 1 fully saturated rings. The molecule has 0 saturated carbocycles. The molecule has 2 N–H and O–H groups in total. The SMILES string of the molecule is Nc1ccc2ncnc(OCCN3CCCCC3)c2c1. The van der Waals surface area contributed by atoms with Crippen molar-refractivity contribution in [2.75, 3.05) is 32.0 Å². The van der Waals surface area contributed by atoms with Gasteiger partial charge in [-0.1, -0.05) is 6.42 Å². The minimum atomic E-state index is 0.624. The number of aromatic nitrogens is 2. The zero-order valence-corrected chi connectivity index (χ0v) is 11.6. The highest BCUT2D eigenvalue weighted by Gasteiger charge is 2.10. The van der Waals surface area contributed by atoms with Gasteiger partial charge in [0.05, 0.1) is 10.9 Å². The van der Waals surface area contributed by atoms with E-state index in [1.54, 1.807) is 0 Å². The molecule has 0 spiro atoms. The summed E-state index contributed by atoms with van der Waals surface area (Å²) in [6.45, 7) is 3.97. The van der Waals surface area contributed by atoms with Crippen molar-refractivity contribution in [2.24, 2.45) is 0 Å². The van der Waals surface area contributed by atoms with Crippen molar-refractivity contribution < 1.29 is 4.74 Å². The molecule has 20 heavy (non-hydrogen) atoms. The first-order chi connectivity index (χ1) is 9.83. The smallest absolute Gasteiger partial charge is 0.224 e. The molecule has 1 aliphatic heterocycles. The quantitative estimate of drug-likeness (QED) is 0.863. The Balaban J connectivity index is 1.66. The maximum absolute atomic E-state index is 5.83. The van der Waals surface area contributed by atoms with Crippen LogP contribution < -0.4 is 10.5 Å². The first-order valence-corrected chi connectivity index (χ1v) is 7.18. The van der Waals surface area contributed by atoms with Gasteiger partial charge in [0.1, 0.15) is 12.9 Å². The molecule has 2 heterocycles. The van der Waals surface area contributed by atoms with Crippen molar-refractivity contribution in [3.63, 3.8) is 0 Å². The van der Waals surface area contributed by atoms with Gasteiger partial charge in [0.15, 0.2) is 0 Å². The number of piperidine rings is 1. The second kappa shape index (κ2) is 6.05. The van der Waals surface area contributed by atoms with Crippen LogP contribution in [0.1, 0.15) is 19.3 Å². The average Bonchev–Trinajstić information content (AvgIpc) is 2.49. The molecule has 0 atom stereocenters. The first kappa shape index (κ1) is 13.1. The van der Waals surface area contributed by atoms with Gasteiger partial charge < -0.3 is 10.5 Å². The Labute approximate surface area is 118 Å². The number of nitrogen functional groups attached to an aromatic ring is 1. The van der Waals surface area contributed by atoms with Crippen LogP contribution in [0.4, 0.5) is 5.69 Å². The molecule has 5 nitrogen and oxygen atoms in total. The van der Waals surface area contributed by atoms with Gasteiger partial charge in [-0.25, -0.2) is 9.97 Å². The summed E-state index contributed by atoms with van der Waals surface area (Å²) in [6, 6.07) is 5.60. The van der Waals surface area contributed by atoms with Gasteiger partial charge in [0, 0.05) is 12.2 Å². The van der Waals surface area contributed by atoms with Crippen molar-refractivity contribution >= 4 is 16.6 Å². The van der Waals surface area contributed by atoms with Crippen LogP contribution in [0.3, 0.4) is 0 Å². The summed E-state index contributed by atoms with van der Waals surface area (Å²) in [6.07, 6.45) is 5.49. The number of ether oxygens (including phenoxy) is 1. The lowest BCUT2D eigenvalue weighted by Crippen LogP contribution is -2.33. The third-order valence-electron chi connectivity index (χ3n) is 3.72. The van der Waals surface area contributed by atoms with E-state index >= 15 is 0 Å². The number of nitrogens with two attached hydrogens (primary N) is 1. The second-order valence-electron chi connectivity index (χ2n) is 5.21. The second-order valence-corrected chi connectivity index (χ2v) is 5.21. The summed E-state index contributed by atoms with van der Waals surface area (Å²) >= 11 is 0. The standard InChI is InChI=1S/C15H20N4O/c16-12-4-5-14-13(10-12)15(18-11-17-14)20-9-8-19-6-2-1-3-7-19/h4-5,10-11H,1-3,6-9,16H2. The van der Waals surface area contributed by atoms with Crippen LogP contribution in [0.25, 0.3) is 10.9 Å². The molecule has 3 rings (SSSR count). The number of rotatable bonds is 4. The van der Waals surface area contributed by atoms with E-state index in [1.807, 2.05) is 18.2 Å². The van der Waals surface area contributed by atoms with E-state index in [1.165, 1.54) is 38.7 Å². The number of fused-ring (bicyclic) bond motifs is 1. The van der Waals surface area contributed by atoms with E-state index in [-0.39, 0.29) is 0 Å². The average molecular weight is 272 g/mol. The Hall–Kier alpha value is -1.88. The maximum atomic E-state index is 5.83. The van der Waals surface area contributed by atoms with E-state index in [9.17, 15) is 0 Å². The summed E-state index contributed by atoms with van der Waals surface area (Å²) in [5, 5.41) is 0.881. The van der Waals surface area contributed by atoms with Crippen molar-refractivity contribution in [2.45, 2.75) is 19.3 Å². The van der Waals surface area contributed by atoms with Gasteiger partial charge in [-0.05, 0) is 44.1 Å². The predicted octanol–water partition coefficient (Wildman–Crippen LogP) is 2.08. The van der Waals surface area contributed by atoms with Gasteiger partial charge in [-0.3, -0.25) is 4.90 Å². The topological polar surface area (TPSA) is 64.3 Å². The van der Waals surface area contributed by atoms with E-state index in [0.29, 0.717) is 18.2 Å². The fourth-order valence-electron chi connectivity index (χ4n) is 2.62. The van der Waals surface area contributed by atoms with E-state index in [2.05, 4.69) is 14.9 Å². The Morgan fingerprint density at radius 3 is 2.85 bits per heavy atom. The lowest BCUT2D eigenvalue weighted by Gasteiger charge is -2.26. The highest BCUT2D eigenvalue weighted by Crippen LogP contribution is 2.23. The Morgan fingerprint density at radius 2 is 2.00 bits per heavy atom. The number of anilines is 1. The molecule has 1 aromatic carbocycles. The van der Waals surface area contributed by atoms with E-state index < -0.39 is 0 Å². The molecule has 1 aliphatic rings. The molecule has 1 saturated heterocycles. The predicted molar refractivity (Wildman–Crippen MR) is 79.7 cm³/mol. The lowest BCUT2D eigenvalue weighted by molar-refractivity contribution is 0.181. The molecular formula is C15H20N4O. The molecule has 0 unspecified atom stereocenters. The molecule has 1 aromatic heterocycles. The Bertz CT molecular complexity index is 581. The highest BCUT2D eigenvalue weighted by molar-refractivity contribution is 5.86. The summed E-state index contributed by atoms with van der Waals surface area (Å²) in [5.41, 5.74) is 7.38. The fourth-order valence-corrected chi connectivity index (χ4v) is 2.62. The minimum Gasteiger partial charge on any atom is -0.476 e. The minimum absolute atomic E-state index is 0.624. The summed E-state index contributed by atoms with van der Waals surface area (Å²) in [7, 11) is 0. The Morgan fingerprint density at radius 1 is 1.15 bits per heavy atom. The van der Waals surface area contributed by atoms with Crippen LogP contribution in [-0.2, 0) is 0 Å². The van der Waals surface area contributed by atoms with Crippen LogP contribution in [0.15, 0.2) is 24.5 Å². The van der Waals surface area contributed by atoms with Gasteiger partial charge in [-0.15, -0.1) is 0 Å². The maximum Gasteiger partial charge on any atom is 0.224 e. The number of nitrogens with zero attached hydrogens (tertiary/aromatic N) is 3. The molecule has 2 aromatic rings. The molecular weight excluding hydrogens is 252 g/mol. The van der Waals surface area contributed by atoms with Crippen molar-refractivity contribution in [1.82, 2.24) is 14.9 Å². The van der Waals surface area contributed by atoms with Crippen molar-refractivity contribution in [3.05, 3.63) is 24.5 Å². The number of likely N-dealkylation sites (tertiary alicyclic amines) is 1. The molecule has 0 bridgehead atoms. The summed E-state index contributed by atoms with van der Waals surface area (Å²) < 4.78 is 5.83. The number of hydrogen-bond donors (Lipinski definition) is 1. The highest BCUT2D eigenvalue weighted by atomic mass is 16.5. The number of benzene rings is 1. The molecule has 5 heteroatoms. The van der Waals surface area contributed by atoms with E-state index in [4.69, 9.17) is 10.5 Å². The first-order valence-electron chi connectivity index (χ1n) is 7.18. The molecule has 0 amide bonds. The summed E-state index contributed by atoms with van der Waals surface area (Å²) in [5.74, 6) is 0.624. The van der Waals surface area contributed by atoms with Gasteiger partial charge >= 0.3 is 0 Å². The van der Waals surface area contributed by atoms with Crippen LogP contribution >= 0.6 is 0 Å². The molecule has 106 valence electrons. The van der Waals surface area contributed by atoms with Crippen LogP contribution in [-0.4, -0.2) is 41.1 Å². The van der Waals surface area contributed by atoms with Gasteiger partial charge in [0.2, 0.25) is 5.88 Å². The van der Waals surface area contributed by atoms with Crippen LogP contribution in [0.2, 0.25) is 0 Å². The monoisotopic (exact) mass is 272 g/mol.